The fraction of sp³-hybridized carbons (Fsp3) is 0.273. The summed E-state index contributed by atoms with van der Waals surface area (Å²) in [5.41, 5.74) is 1.40. The van der Waals surface area contributed by atoms with Gasteiger partial charge in [0.25, 0.3) is 0 Å². The molecule has 2 aromatic heterocycles. The number of methoxy groups -OCH3 is 1. The van der Waals surface area contributed by atoms with Crippen molar-refractivity contribution < 1.29 is 9.53 Å². The number of fused-ring (bicyclic) bond motifs is 1. The van der Waals surface area contributed by atoms with Crippen molar-refractivity contribution in [3.05, 3.63) is 30.1 Å². The molecule has 0 radical (unpaired) electrons. The highest BCUT2D eigenvalue weighted by molar-refractivity contribution is 7.99. The molecule has 2 aromatic rings. The molecule has 0 spiro atoms. The first-order chi connectivity index (χ1) is 7.86. The van der Waals surface area contributed by atoms with Crippen molar-refractivity contribution in [1.82, 2.24) is 9.38 Å². The zero-order chi connectivity index (χ0) is 11.4. The highest BCUT2D eigenvalue weighted by atomic mass is 32.2. The third-order valence-corrected chi connectivity index (χ3v) is 3.12. The van der Waals surface area contributed by atoms with Gasteiger partial charge in [-0.3, -0.25) is 9.20 Å². The average molecular weight is 236 g/mol. The largest absolute Gasteiger partial charge is 0.384 e. The minimum Gasteiger partial charge on any atom is -0.384 e. The molecule has 0 aliphatic heterocycles. The van der Waals surface area contributed by atoms with Gasteiger partial charge in [-0.25, -0.2) is 4.98 Å². The molecule has 5 heteroatoms. The number of rotatable bonds is 5. The van der Waals surface area contributed by atoms with Crippen molar-refractivity contribution >= 4 is 23.7 Å². The van der Waals surface area contributed by atoms with E-state index in [9.17, 15) is 4.79 Å². The fourth-order valence-corrected chi connectivity index (χ4v) is 2.32. The van der Waals surface area contributed by atoms with E-state index in [1.54, 1.807) is 11.5 Å². The van der Waals surface area contributed by atoms with Crippen LogP contribution in [-0.2, 0) is 4.74 Å². The van der Waals surface area contributed by atoms with Crippen LogP contribution in [-0.4, -0.2) is 35.1 Å². The lowest BCUT2D eigenvalue weighted by Gasteiger charge is -1.97. The Balaban J connectivity index is 2.33. The van der Waals surface area contributed by atoms with Crippen molar-refractivity contribution in [3.63, 3.8) is 0 Å². The first-order valence-corrected chi connectivity index (χ1v) is 5.89. The third kappa shape index (κ3) is 2.10. The normalized spacial score (nSPS) is 10.8. The molecule has 0 aliphatic rings. The van der Waals surface area contributed by atoms with Crippen LogP contribution >= 0.6 is 11.8 Å². The molecule has 0 aliphatic carbocycles. The summed E-state index contributed by atoms with van der Waals surface area (Å²) in [6.45, 7) is 0.650. The molecule has 0 unspecified atom stereocenters. The van der Waals surface area contributed by atoms with Crippen LogP contribution < -0.4 is 0 Å². The molecular weight excluding hydrogens is 224 g/mol. The number of pyridine rings is 1. The Morgan fingerprint density at radius 3 is 3.19 bits per heavy atom. The Hall–Kier alpha value is -1.33. The summed E-state index contributed by atoms with van der Waals surface area (Å²) in [5.74, 6) is 0.793. The predicted molar refractivity (Wildman–Crippen MR) is 63.2 cm³/mol. The number of carbonyl (C=O) groups is 1. The highest BCUT2D eigenvalue weighted by Gasteiger charge is 2.10. The van der Waals surface area contributed by atoms with E-state index in [4.69, 9.17) is 4.74 Å². The summed E-state index contributed by atoms with van der Waals surface area (Å²) in [6, 6.07) is 5.67. The summed E-state index contributed by atoms with van der Waals surface area (Å²) >= 11 is 1.53. The Kier molecular flexibility index (Phi) is 3.58. The summed E-state index contributed by atoms with van der Waals surface area (Å²) < 4.78 is 6.76. The number of imidazole rings is 1. The molecule has 0 aromatic carbocycles. The molecule has 0 fully saturated rings. The topological polar surface area (TPSA) is 43.6 Å². The maximum absolute atomic E-state index is 11.0. The minimum atomic E-state index is 0.608. The molecule has 0 atom stereocenters. The predicted octanol–water partition coefficient (Wildman–Crippen LogP) is 1.89. The molecule has 4 nitrogen and oxygen atoms in total. The average Bonchev–Trinajstić information content (AvgIpc) is 2.67. The molecule has 0 saturated carbocycles. The van der Waals surface area contributed by atoms with E-state index in [2.05, 4.69) is 4.98 Å². The van der Waals surface area contributed by atoms with Gasteiger partial charge in [-0.05, 0) is 12.1 Å². The summed E-state index contributed by atoms with van der Waals surface area (Å²) in [4.78, 5) is 15.4. The maximum Gasteiger partial charge on any atom is 0.169 e. The number of carbonyl (C=O) groups excluding carboxylic acids is 1. The zero-order valence-corrected chi connectivity index (χ0v) is 9.74. The second kappa shape index (κ2) is 5.14. The summed E-state index contributed by atoms with van der Waals surface area (Å²) in [7, 11) is 1.66. The summed E-state index contributed by atoms with van der Waals surface area (Å²) in [5, 5.41) is 0.762. The van der Waals surface area contributed by atoms with Crippen LogP contribution in [0.1, 0.15) is 10.5 Å². The van der Waals surface area contributed by atoms with Crippen LogP contribution in [0.4, 0.5) is 0 Å². The second-order valence-corrected chi connectivity index (χ2v) is 4.27. The Morgan fingerprint density at radius 1 is 1.56 bits per heavy atom. The first-order valence-electron chi connectivity index (χ1n) is 4.91. The van der Waals surface area contributed by atoms with Crippen LogP contribution in [0.3, 0.4) is 0 Å². The van der Waals surface area contributed by atoms with Crippen LogP contribution in [0, 0.1) is 0 Å². The smallest absolute Gasteiger partial charge is 0.169 e. The molecule has 84 valence electrons. The van der Waals surface area contributed by atoms with Gasteiger partial charge in [0.2, 0.25) is 0 Å². The van der Waals surface area contributed by atoms with Crippen molar-refractivity contribution in [2.45, 2.75) is 5.03 Å². The number of hydrogen-bond acceptors (Lipinski definition) is 4. The lowest BCUT2D eigenvalue weighted by molar-refractivity contribution is 0.111. The first kappa shape index (κ1) is 11.2. The number of ether oxygens (including phenoxy) is 1. The van der Waals surface area contributed by atoms with Gasteiger partial charge in [-0.1, -0.05) is 6.07 Å². The Labute approximate surface area is 97.6 Å². The van der Waals surface area contributed by atoms with E-state index in [0.29, 0.717) is 12.3 Å². The molecule has 0 bridgehead atoms. The van der Waals surface area contributed by atoms with E-state index in [-0.39, 0.29) is 0 Å². The quantitative estimate of drug-likeness (QED) is 0.452. The van der Waals surface area contributed by atoms with Gasteiger partial charge >= 0.3 is 0 Å². The lowest BCUT2D eigenvalue weighted by Crippen LogP contribution is -1.94. The molecule has 2 heterocycles. The van der Waals surface area contributed by atoms with Crippen molar-refractivity contribution in [1.29, 1.82) is 0 Å². The van der Waals surface area contributed by atoms with Crippen molar-refractivity contribution in [3.8, 4) is 0 Å². The van der Waals surface area contributed by atoms with Gasteiger partial charge in [0.1, 0.15) is 16.4 Å². The number of aromatic nitrogens is 2. The molecule has 16 heavy (non-hydrogen) atoms. The van der Waals surface area contributed by atoms with Gasteiger partial charge in [-0.2, -0.15) is 0 Å². The van der Waals surface area contributed by atoms with Crippen LogP contribution in [0.5, 0.6) is 0 Å². The van der Waals surface area contributed by atoms with Gasteiger partial charge in [-0.15, -0.1) is 11.8 Å². The van der Waals surface area contributed by atoms with Gasteiger partial charge in [0.05, 0.1) is 6.61 Å². The van der Waals surface area contributed by atoms with Gasteiger partial charge < -0.3 is 4.74 Å². The number of hydrogen-bond donors (Lipinski definition) is 0. The molecular formula is C11H12N2O2S. The van der Waals surface area contributed by atoms with E-state index < -0.39 is 0 Å². The van der Waals surface area contributed by atoms with Gasteiger partial charge in [0, 0.05) is 19.1 Å². The Bertz CT molecular complexity index is 496. The third-order valence-electron chi connectivity index (χ3n) is 2.17. The maximum atomic E-state index is 11.0. The zero-order valence-electron chi connectivity index (χ0n) is 8.92. The van der Waals surface area contributed by atoms with Gasteiger partial charge in [0.15, 0.2) is 6.29 Å². The fourth-order valence-electron chi connectivity index (χ4n) is 1.43. The lowest BCUT2D eigenvalue weighted by atomic mass is 10.4. The standard InChI is InChI=1S/C11H12N2O2S/c1-15-6-7-16-11-9(8-14)13-5-3-2-4-10(13)12-11/h2-5,8H,6-7H2,1H3. The van der Waals surface area contributed by atoms with Crippen LogP contribution in [0.2, 0.25) is 0 Å². The second-order valence-electron chi connectivity index (χ2n) is 3.19. The van der Waals surface area contributed by atoms with E-state index in [1.165, 1.54) is 11.8 Å². The molecule has 2 rings (SSSR count). The number of nitrogens with zero attached hydrogens (tertiary/aromatic N) is 2. The monoisotopic (exact) mass is 236 g/mol. The number of thioether (sulfide) groups is 1. The molecule has 0 N–H and O–H groups in total. The minimum absolute atomic E-state index is 0.608. The van der Waals surface area contributed by atoms with E-state index >= 15 is 0 Å². The highest BCUT2D eigenvalue weighted by Crippen LogP contribution is 2.21. The molecule has 0 amide bonds. The number of aldehydes is 1. The van der Waals surface area contributed by atoms with E-state index in [0.717, 1.165) is 22.7 Å². The Morgan fingerprint density at radius 2 is 2.44 bits per heavy atom. The van der Waals surface area contributed by atoms with Crippen molar-refractivity contribution in [2.75, 3.05) is 19.5 Å². The van der Waals surface area contributed by atoms with Crippen molar-refractivity contribution in [2.24, 2.45) is 0 Å². The van der Waals surface area contributed by atoms with E-state index in [1.807, 2.05) is 24.4 Å². The van der Waals surface area contributed by atoms with Crippen LogP contribution in [0.15, 0.2) is 29.4 Å². The SMILES string of the molecule is COCCSc1nc2ccccn2c1C=O. The summed E-state index contributed by atoms with van der Waals surface area (Å²) in [6.07, 6.45) is 2.68. The van der Waals surface area contributed by atoms with Crippen LogP contribution in [0.25, 0.3) is 5.65 Å². The molecule has 0 saturated heterocycles.